The Kier molecular flexibility index (Phi) is 3.66. The highest BCUT2D eigenvalue weighted by molar-refractivity contribution is 8.00. The zero-order chi connectivity index (χ0) is 15.8. The summed E-state index contributed by atoms with van der Waals surface area (Å²) >= 11 is 3.41. The van der Waals surface area contributed by atoms with Gasteiger partial charge in [-0.2, -0.15) is 0 Å². The van der Waals surface area contributed by atoms with Gasteiger partial charge in [-0.3, -0.25) is 0 Å². The van der Waals surface area contributed by atoms with Crippen LogP contribution < -0.4 is 4.74 Å². The molecule has 116 valence electrons. The maximum atomic E-state index is 5.14. The number of methoxy groups -OCH3 is 1. The molecular weight excluding hydrogens is 328 g/mol. The quantitative estimate of drug-likeness (QED) is 0.530. The van der Waals surface area contributed by atoms with Crippen molar-refractivity contribution < 1.29 is 4.74 Å². The van der Waals surface area contributed by atoms with Crippen molar-refractivity contribution >= 4 is 39.0 Å². The largest absolute Gasteiger partial charge is 0.480 e. The summed E-state index contributed by atoms with van der Waals surface area (Å²) in [5.41, 5.74) is 4.10. The Hall–Kier alpha value is -2.12. The van der Waals surface area contributed by atoms with Crippen LogP contribution in [0.5, 0.6) is 5.88 Å². The summed E-state index contributed by atoms with van der Waals surface area (Å²) in [7, 11) is 1.61. The molecule has 0 aliphatic heterocycles. The van der Waals surface area contributed by atoms with Gasteiger partial charge in [-0.05, 0) is 30.0 Å². The minimum Gasteiger partial charge on any atom is -0.480 e. The molecule has 0 bridgehead atoms. The molecule has 5 nitrogen and oxygen atoms in total. The third-order valence-electron chi connectivity index (χ3n) is 3.55. The summed E-state index contributed by atoms with van der Waals surface area (Å²) in [6.07, 6.45) is 4.77. The molecule has 0 N–H and O–H groups in total. The van der Waals surface area contributed by atoms with Crippen LogP contribution in [0.4, 0.5) is 0 Å². The Labute approximate surface area is 141 Å². The number of benzene rings is 1. The number of thioether (sulfide) groups is 1. The molecule has 0 spiro atoms. The molecule has 0 saturated carbocycles. The SMILES string of the molecule is COc1ccc2nc(Cc3ccc4nc(SC)sc4c3)cn2n1. The lowest BCUT2D eigenvalue weighted by Crippen LogP contribution is -1.93. The van der Waals surface area contributed by atoms with E-state index in [1.54, 1.807) is 34.7 Å². The smallest absolute Gasteiger partial charge is 0.231 e. The van der Waals surface area contributed by atoms with Crippen LogP contribution in [0.1, 0.15) is 11.3 Å². The molecule has 0 radical (unpaired) electrons. The first-order chi connectivity index (χ1) is 11.2. The Morgan fingerprint density at radius 2 is 2.13 bits per heavy atom. The van der Waals surface area contributed by atoms with Crippen molar-refractivity contribution in [2.75, 3.05) is 13.4 Å². The van der Waals surface area contributed by atoms with Gasteiger partial charge >= 0.3 is 0 Å². The van der Waals surface area contributed by atoms with Crippen LogP contribution in [0, 0.1) is 0 Å². The van der Waals surface area contributed by atoms with Gasteiger partial charge in [0.05, 0.1) is 29.2 Å². The predicted octanol–water partition coefficient (Wildman–Crippen LogP) is 3.66. The van der Waals surface area contributed by atoms with E-state index in [0.717, 1.165) is 27.6 Å². The van der Waals surface area contributed by atoms with Crippen LogP contribution in [0.3, 0.4) is 0 Å². The molecular formula is C16H14N4OS2. The van der Waals surface area contributed by atoms with E-state index in [2.05, 4.69) is 39.5 Å². The zero-order valence-electron chi connectivity index (χ0n) is 12.7. The summed E-state index contributed by atoms with van der Waals surface area (Å²) < 4.78 is 9.22. The van der Waals surface area contributed by atoms with Gasteiger partial charge in [0.2, 0.25) is 5.88 Å². The lowest BCUT2D eigenvalue weighted by Gasteiger charge is -1.97. The van der Waals surface area contributed by atoms with Crippen LogP contribution in [0.15, 0.2) is 40.9 Å². The summed E-state index contributed by atoms with van der Waals surface area (Å²) in [4.78, 5) is 9.18. The molecule has 0 aliphatic rings. The Morgan fingerprint density at radius 1 is 1.22 bits per heavy atom. The average molecular weight is 342 g/mol. The molecule has 3 aromatic heterocycles. The van der Waals surface area contributed by atoms with Gasteiger partial charge in [0.1, 0.15) is 0 Å². The van der Waals surface area contributed by atoms with Crippen molar-refractivity contribution in [1.82, 2.24) is 19.6 Å². The first-order valence-corrected chi connectivity index (χ1v) is 9.12. The molecule has 4 aromatic rings. The molecule has 0 unspecified atom stereocenters. The van der Waals surface area contributed by atoms with E-state index in [4.69, 9.17) is 4.74 Å². The number of rotatable bonds is 4. The fourth-order valence-electron chi connectivity index (χ4n) is 2.46. The van der Waals surface area contributed by atoms with Crippen molar-refractivity contribution in [2.24, 2.45) is 0 Å². The van der Waals surface area contributed by atoms with Crippen LogP contribution >= 0.6 is 23.1 Å². The number of hydrogen-bond acceptors (Lipinski definition) is 6. The van der Waals surface area contributed by atoms with Gasteiger partial charge < -0.3 is 4.74 Å². The second-order valence-electron chi connectivity index (χ2n) is 5.07. The number of imidazole rings is 1. The molecule has 0 aliphatic carbocycles. The maximum Gasteiger partial charge on any atom is 0.231 e. The van der Waals surface area contributed by atoms with Gasteiger partial charge in [-0.15, -0.1) is 16.4 Å². The normalized spacial score (nSPS) is 11.4. The van der Waals surface area contributed by atoms with E-state index in [-0.39, 0.29) is 0 Å². The summed E-state index contributed by atoms with van der Waals surface area (Å²) in [5, 5.41) is 4.34. The van der Waals surface area contributed by atoms with Crippen LogP contribution in [0.25, 0.3) is 15.9 Å². The highest BCUT2D eigenvalue weighted by Crippen LogP contribution is 2.29. The lowest BCUT2D eigenvalue weighted by atomic mass is 10.1. The van der Waals surface area contributed by atoms with Gasteiger partial charge in [-0.25, -0.2) is 14.5 Å². The molecule has 1 aromatic carbocycles. The third kappa shape index (κ3) is 2.77. The first-order valence-electron chi connectivity index (χ1n) is 7.08. The van der Waals surface area contributed by atoms with Crippen molar-refractivity contribution in [3.05, 3.63) is 47.8 Å². The van der Waals surface area contributed by atoms with Gasteiger partial charge in [0.25, 0.3) is 0 Å². The Balaban J connectivity index is 1.66. The van der Waals surface area contributed by atoms with E-state index >= 15 is 0 Å². The summed E-state index contributed by atoms with van der Waals surface area (Å²) in [6.45, 7) is 0. The minimum atomic E-state index is 0.581. The maximum absolute atomic E-state index is 5.14. The number of aromatic nitrogens is 4. The first kappa shape index (κ1) is 14.5. The Bertz CT molecular complexity index is 990. The van der Waals surface area contributed by atoms with Crippen molar-refractivity contribution in [1.29, 1.82) is 0 Å². The fraction of sp³-hybridized carbons (Fsp3) is 0.188. The van der Waals surface area contributed by atoms with E-state index in [1.165, 1.54) is 10.3 Å². The topological polar surface area (TPSA) is 52.3 Å². The second kappa shape index (κ2) is 5.82. The van der Waals surface area contributed by atoms with Gasteiger partial charge in [0, 0.05) is 12.5 Å². The highest BCUT2D eigenvalue weighted by atomic mass is 32.2. The second-order valence-corrected chi connectivity index (χ2v) is 7.16. The van der Waals surface area contributed by atoms with Crippen molar-refractivity contribution in [3.63, 3.8) is 0 Å². The summed E-state index contributed by atoms with van der Waals surface area (Å²) in [6, 6.07) is 10.1. The molecule has 23 heavy (non-hydrogen) atoms. The number of ether oxygens (including phenoxy) is 1. The molecule has 0 atom stereocenters. The van der Waals surface area contributed by atoms with Crippen LogP contribution in [0.2, 0.25) is 0 Å². The molecule has 3 heterocycles. The number of fused-ring (bicyclic) bond motifs is 2. The third-order valence-corrected chi connectivity index (χ3v) is 5.55. The minimum absolute atomic E-state index is 0.581. The number of hydrogen-bond donors (Lipinski definition) is 0. The van der Waals surface area contributed by atoms with E-state index < -0.39 is 0 Å². The standard InChI is InChI=1S/C16H14N4OS2/c1-21-15-6-5-14-17-11(9-20(14)19-15)7-10-3-4-12-13(8-10)23-16(18-12)22-2/h3-6,8-9H,7H2,1-2H3. The monoisotopic (exact) mass is 342 g/mol. The average Bonchev–Trinajstić information content (AvgIpc) is 3.16. The fourth-order valence-corrected chi connectivity index (χ4v) is 4.01. The van der Waals surface area contributed by atoms with Gasteiger partial charge in [0.15, 0.2) is 9.99 Å². The Morgan fingerprint density at radius 3 is 2.96 bits per heavy atom. The number of thiazole rings is 1. The van der Waals surface area contributed by atoms with E-state index in [1.807, 2.05) is 18.3 Å². The number of nitrogens with zero attached hydrogens (tertiary/aromatic N) is 4. The summed E-state index contributed by atoms with van der Waals surface area (Å²) in [5.74, 6) is 0.581. The molecule has 4 rings (SSSR count). The van der Waals surface area contributed by atoms with Gasteiger partial charge in [-0.1, -0.05) is 17.8 Å². The van der Waals surface area contributed by atoms with Crippen molar-refractivity contribution in [3.8, 4) is 5.88 Å². The zero-order valence-corrected chi connectivity index (χ0v) is 14.3. The molecule has 0 fully saturated rings. The van der Waals surface area contributed by atoms with E-state index in [0.29, 0.717) is 5.88 Å². The van der Waals surface area contributed by atoms with Crippen LogP contribution in [-0.2, 0) is 6.42 Å². The lowest BCUT2D eigenvalue weighted by molar-refractivity contribution is 0.390. The molecule has 0 saturated heterocycles. The molecule has 7 heteroatoms. The molecule has 0 amide bonds. The highest BCUT2D eigenvalue weighted by Gasteiger charge is 2.08. The van der Waals surface area contributed by atoms with Crippen LogP contribution in [-0.4, -0.2) is 32.9 Å². The van der Waals surface area contributed by atoms with E-state index in [9.17, 15) is 0 Å². The predicted molar refractivity (Wildman–Crippen MR) is 93.7 cm³/mol. The van der Waals surface area contributed by atoms with Crippen molar-refractivity contribution in [2.45, 2.75) is 10.8 Å².